The molecule has 2 aromatic carbocycles. The molecule has 3 rings (SSSR count). The largest absolute Gasteiger partial charge is 0.494 e. The van der Waals surface area contributed by atoms with E-state index in [-0.39, 0.29) is 22.2 Å². The number of hydrogen-bond acceptors (Lipinski definition) is 5. The lowest BCUT2D eigenvalue weighted by Crippen LogP contribution is -2.11. The van der Waals surface area contributed by atoms with Crippen molar-refractivity contribution < 1.29 is 18.6 Å². The second kappa shape index (κ2) is 7.67. The second-order valence-electron chi connectivity index (χ2n) is 5.53. The van der Waals surface area contributed by atoms with Crippen molar-refractivity contribution in [2.24, 2.45) is 0 Å². The molecule has 0 aliphatic carbocycles. The Labute approximate surface area is 159 Å². The van der Waals surface area contributed by atoms with Crippen LogP contribution in [0.25, 0.3) is 22.0 Å². The minimum Gasteiger partial charge on any atom is -0.494 e. The Bertz CT molecular complexity index is 1090. The minimum atomic E-state index is -0.521. The molecule has 27 heavy (non-hydrogen) atoms. The highest BCUT2D eigenvalue weighted by molar-refractivity contribution is 6.50. The number of rotatable bonds is 5. The zero-order valence-electron chi connectivity index (χ0n) is 14.8. The van der Waals surface area contributed by atoms with Gasteiger partial charge in [-0.25, -0.2) is 9.37 Å². The van der Waals surface area contributed by atoms with Gasteiger partial charge in [-0.3, -0.25) is 4.79 Å². The molecular weight excluding hydrogens is 375 g/mol. The molecule has 1 aromatic heterocycles. The molecule has 0 spiro atoms. The lowest BCUT2D eigenvalue weighted by molar-refractivity contribution is 0.355. The monoisotopic (exact) mass is 390 g/mol. The van der Waals surface area contributed by atoms with E-state index in [1.54, 1.807) is 18.2 Å². The maximum Gasteiger partial charge on any atom is 0.259 e. The van der Waals surface area contributed by atoms with Gasteiger partial charge in [0.1, 0.15) is 0 Å². The van der Waals surface area contributed by atoms with Gasteiger partial charge in [0.2, 0.25) is 0 Å². The molecule has 6 nitrogen and oxygen atoms in total. The molecule has 0 unspecified atom stereocenters. The molecule has 8 heteroatoms. The smallest absolute Gasteiger partial charge is 0.259 e. The first kappa shape index (κ1) is 18.7. The number of nitrogens with zero attached hydrogens (tertiary/aromatic N) is 1. The minimum absolute atomic E-state index is 0.126. The summed E-state index contributed by atoms with van der Waals surface area (Å²) < 4.78 is 29.2. The van der Waals surface area contributed by atoms with Crippen LogP contribution in [0.2, 0.25) is 0 Å². The van der Waals surface area contributed by atoms with E-state index in [0.29, 0.717) is 28.0 Å². The second-order valence-corrected chi connectivity index (χ2v) is 5.93. The predicted octanol–water partition coefficient (Wildman–Crippen LogP) is 3.82. The number of ether oxygens (including phenoxy) is 3. The van der Waals surface area contributed by atoms with Gasteiger partial charge >= 0.3 is 0 Å². The zero-order valence-corrected chi connectivity index (χ0v) is 15.6. The number of H-pyrrole nitrogens is 1. The van der Waals surface area contributed by atoms with E-state index in [9.17, 15) is 9.18 Å². The number of halogens is 2. The van der Waals surface area contributed by atoms with Gasteiger partial charge in [-0.2, -0.15) is 0 Å². The van der Waals surface area contributed by atoms with Gasteiger partial charge in [-0.05, 0) is 29.8 Å². The Morgan fingerprint density at radius 2 is 1.74 bits per heavy atom. The van der Waals surface area contributed by atoms with Crippen LogP contribution in [-0.4, -0.2) is 31.3 Å². The van der Waals surface area contributed by atoms with Gasteiger partial charge in [-0.15, -0.1) is 0 Å². The Hall–Kier alpha value is -3.06. The third kappa shape index (κ3) is 3.73. The van der Waals surface area contributed by atoms with Gasteiger partial charge in [0.05, 0.1) is 37.3 Å². The molecule has 0 saturated carbocycles. The maximum atomic E-state index is 13.8. The van der Waals surface area contributed by atoms with E-state index in [1.807, 2.05) is 0 Å². The molecule has 0 aliphatic rings. The standard InChI is InChI=1S/C19H16ClFN2O4/c1-25-15-5-4-10(7-13(15)21)6-12(20)18-22-14-9-17(27-3)16(26-2)8-11(14)19(24)23-18/h4-9H,1-3H3,(H,22,23,24)/b12-6-. The lowest BCUT2D eigenvalue weighted by atomic mass is 10.2. The topological polar surface area (TPSA) is 73.4 Å². The van der Waals surface area contributed by atoms with E-state index >= 15 is 0 Å². The van der Waals surface area contributed by atoms with E-state index in [2.05, 4.69) is 9.97 Å². The molecule has 140 valence electrons. The highest BCUT2D eigenvalue weighted by Gasteiger charge is 2.12. The van der Waals surface area contributed by atoms with E-state index < -0.39 is 5.82 Å². The van der Waals surface area contributed by atoms with Crippen molar-refractivity contribution in [3.63, 3.8) is 0 Å². The van der Waals surface area contributed by atoms with Crippen molar-refractivity contribution in [2.45, 2.75) is 0 Å². The van der Waals surface area contributed by atoms with Gasteiger partial charge < -0.3 is 19.2 Å². The summed E-state index contributed by atoms with van der Waals surface area (Å²) in [4.78, 5) is 19.4. The summed E-state index contributed by atoms with van der Waals surface area (Å²) in [5.74, 6) is 0.610. The predicted molar refractivity (Wildman–Crippen MR) is 102 cm³/mol. The molecule has 0 fully saturated rings. The molecular formula is C19H16ClFN2O4. The van der Waals surface area contributed by atoms with Gasteiger partial charge in [0.15, 0.2) is 28.9 Å². The number of nitrogens with one attached hydrogen (secondary N) is 1. The number of aromatic nitrogens is 2. The van der Waals surface area contributed by atoms with Crippen LogP contribution in [0.4, 0.5) is 4.39 Å². The lowest BCUT2D eigenvalue weighted by Gasteiger charge is -2.09. The van der Waals surface area contributed by atoms with Crippen LogP contribution in [0.15, 0.2) is 35.1 Å². The average Bonchev–Trinajstić information content (AvgIpc) is 2.67. The Balaban J connectivity index is 2.08. The van der Waals surface area contributed by atoms with Crippen molar-refractivity contribution in [3.8, 4) is 17.2 Å². The maximum absolute atomic E-state index is 13.8. The molecule has 0 aliphatic heterocycles. The van der Waals surface area contributed by atoms with E-state index in [1.165, 1.54) is 39.5 Å². The molecule has 0 amide bonds. The molecule has 1 N–H and O–H groups in total. The molecule has 0 atom stereocenters. The van der Waals surface area contributed by atoms with Crippen molar-refractivity contribution in [1.29, 1.82) is 0 Å². The number of fused-ring (bicyclic) bond motifs is 1. The first-order valence-corrected chi connectivity index (χ1v) is 8.21. The van der Waals surface area contributed by atoms with Crippen molar-refractivity contribution in [3.05, 3.63) is 57.9 Å². The van der Waals surface area contributed by atoms with Crippen molar-refractivity contribution in [1.82, 2.24) is 9.97 Å². The molecule has 0 saturated heterocycles. The van der Waals surface area contributed by atoms with Crippen LogP contribution in [0.1, 0.15) is 11.4 Å². The summed E-state index contributed by atoms with van der Waals surface area (Å²) in [6.07, 6.45) is 1.49. The van der Waals surface area contributed by atoms with Crippen LogP contribution in [-0.2, 0) is 0 Å². The number of aromatic amines is 1. The number of hydrogen-bond donors (Lipinski definition) is 1. The van der Waals surface area contributed by atoms with Gasteiger partial charge in [0.25, 0.3) is 5.56 Å². The van der Waals surface area contributed by atoms with E-state index in [4.69, 9.17) is 25.8 Å². The fourth-order valence-electron chi connectivity index (χ4n) is 2.57. The Morgan fingerprint density at radius 3 is 2.37 bits per heavy atom. The quantitative estimate of drug-likeness (QED) is 0.716. The van der Waals surface area contributed by atoms with E-state index in [0.717, 1.165) is 0 Å². The van der Waals surface area contributed by atoms with Crippen LogP contribution < -0.4 is 19.8 Å². The molecule has 1 heterocycles. The first-order valence-electron chi connectivity index (χ1n) is 7.84. The summed E-state index contributed by atoms with van der Waals surface area (Å²) in [6, 6.07) is 7.52. The van der Waals surface area contributed by atoms with Crippen LogP contribution in [0, 0.1) is 5.82 Å². The Morgan fingerprint density at radius 1 is 1.07 bits per heavy atom. The Kier molecular flexibility index (Phi) is 5.32. The zero-order chi connectivity index (χ0) is 19.6. The first-order chi connectivity index (χ1) is 13.0. The third-order valence-corrected chi connectivity index (χ3v) is 4.19. The summed E-state index contributed by atoms with van der Waals surface area (Å²) in [5, 5.41) is 0.477. The normalized spacial score (nSPS) is 11.5. The fourth-order valence-corrected chi connectivity index (χ4v) is 2.78. The average molecular weight is 391 g/mol. The molecule has 3 aromatic rings. The van der Waals surface area contributed by atoms with Crippen LogP contribution in [0.5, 0.6) is 17.2 Å². The third-order valence-electron chi connectivity index (χ3n) is 3.91. The van der Waals surface area contributed by atoms with Crippen molar-refractivity contribution >= 4 is 33.6 Å². The molecule has 0 bridgehead atoms. The van der Waals surface area contributed by atoms with Crippen molar-refractivity contribution in [2.75, 3.05) is 21.3 Å². The fraction of sp³-hybridized carbons (Fsp3) is 0.158. The molecule has 0 radical (unpaired) electrons. The highest BCUT2D eigenvalue weighted by atomic mass is 35.5. The van der Waals surface area contributed by atoms with Gasteiger partial charge in [0, 0.05) is 6.07 Å². The number of methoxy groups -OCH3 is 3. The summed E-state index contributed by atoms with van der Waals surface area (Å²) in [5.41, 5.74) is 0.496. The van der Waals surface area contributed by atoms with Crippen LogP contribution in [0.3, 0.4) is 0 Å². The van der Waals surface area contributed by atoms with Crippen LogP contribution >= 0.6 is 11.6 Å². The summed E-state index contributed by atoms with van der Waals surface area (Å²) >= 11 is 6.29. The summed E-state index contributed by atoms with van der Waals surface area (Å²) in [6.45, 7) is 0. The highest BCUT2D eigenvalue weighted by Crippen LogP contribution is 2.31. The summed E-state index contributed by atoms with van der Waals surface area (Å²) in [7, 11) is 4.35. The van der Waals surface area contributed by atoms with Gasteiger partial charge in [-0.1, -0.05) is 17.7 Å². The number of benzene rings is 2. The SMILES string of the molecule is COc1ccc(/C=C(\Cl)c2nc3cc(OC)c(OC)cc3c(=O)[nH]2)cc1F.